The highest BCUT2D eigenvalue weighted by atomic mass is 32.1. The molecule has 0 bridgehead atoms. The van der Waals surface area contributed by atoms with Crippen LogP contribution in [0.2, 0.25) is 0 Å². The molecule has 11 rings (SSSR count). The first-order valence-electron chi connectivity index (χ1n) is 18.0. The molecule has 0 unspecified atom stereocenters. The van der Waals surface area contributed by atoms with E-state index >= 15 is 0 Å². The van der Waals surface area contributed by atoms with Crippen LogP contribution >= 0.6 is 22.7 Å². The van der Waals surface area contributed by atoms with Crippen molar-refractivity contribution < 1.29 is 4.42 Å². The Kier molecular flexibility index (Phi) is 7.22. The van der Waals surface area contributed by atoms with Crippen LogP contribution in [0.3, 0.4) is 0 Å². The van der Waals surface area contributed by atoms with Gasteiger partial charge >= 0.3 is 0 Å². The number of aromatic nitrogens is 1. The van der Waals surface area contributed by atoms with Gasteiger partial charge in [0.05, 0.1) is 15.9 Å². The van der Waals surface area contributed by atoms with Gasteiger partial charge in [-0.1, -0.05) is 127 Å². The molecule has 11 aromatic rings. The Morgan fingerprint density at radius 3 is 1.94 bits per heavy atom. The van der Waals surface area contributed by atoms with Crippen molar-refractivity contribution in [2.24, 2.45) is 0 Å². The average Bonchev–Trinajstić information content (AvgIpc) is 3.95. The highest BCUT2D eigenvalue weighted by Crippen LogP contribution is 2.46. The SMILES string of the molecule is c1ccc(-c2nc3c(ccc4sc5ccc(N(c6ccc(-c7cccc8c7oc7ccccc78)cc6)c6ccccc6-c6ccccc6)cc5c43)s2)cc1. The maximum atomic E-state index is 6.43. The Labute approximate surface area is 319 Å². The van der Waals surface area contributed by atoms with Crippen LogP contribution in [-0.2, 0) is 0 Å². The average molecular weight is 727 g/mol. The summed E-state index contributed by atoms with van der Waals surface area (Å²) < 4.78 is 10.1. The number of furan rings is 1. The Morgan fingerprint density at radius 1 is 0.444 bits per heavy atom. The molecular weight excluding hydrogens is 697 g/mol. The summed E-state index contributed by atoms with van der Waals surface area (Å²) >= 11 is 3.59. The van der Waals surface area contributed by atoms with E-state index in [0.717, 1.165) is 66.2 Å². The summed E-state index contributed by atoms with van der Waals surface area (Å²) in [6, 6.07) is 64.9. The molecule has 0 N–H and O–H groups in total. The second-order valence-corrected chi connectivity index (χ2v) is 15.6. The zero-order valence-corrected chi connectivity index (χ0v) is 30.6. The number of hydrogen-bond acceptors (Lipinski definition) is 5. The van der Waals surface area contributed by atoms with Gasteiger partial charge in [0.1, 0.15) is 16.2 Å². The van der Waals surface area contributed by atoms with Crippen molar-refractivity contribution in [3.05, 3.63) is 182 Å². The van der Waals surface area contributed by atoms with Gasteiger partial charge in [0.15, 0.2) is 0 Å². The molecule has 0 aliphatic heterocycles. The van der Waals surface area contributed by atoms with Gasteiger partial charge in [-0.05, 0) is 65.7 Å². The van der Waals surface area contributed by atoms with Crippen molar-refractivity contribution in [3.63, 3.8) is 0 Å². The number of anilines is 3. The number of benzene rings is 8. The van der Waals surface area contributed by atoms with Gasteiger partial charge < -0.3 is 9.32 Å². The lowest BCUT2D eigenvalue weighted by atomic mass is 10.00. The molecule has 0 saturated carbocycles. The summed E-state index contributed by atoms with van der Waals surface area (Å²) in [6.45, 7) is 0. The predicted molar refractivity (Wildman–Crippen MR) is 231 cm³/mol. The Balaban J connectivity index is 1.10. The Bertz CT molecular complexity index is 3160. The molecule has 0 atom stereocenters. The molecule has 0 aliphatic rings. The standard InChI is InChI=1S/C49H30N2OS2/c1-3-12-31(13-4-1)36-16-7-9-20-41(36)51(34-24-22-32(23-25-34)37-18-11-19-39-38-17-8-10-21-42(38)52-48(37)39)35-26-27-43-40(30-35)46-44(53-43)28-29-45-47(46)50-49(54-45)33-14-5-2-6-15-33/h1-30H. The summed E-state index contributed by atoms with van der Waals surface area (Å²) in [5.74, 6) is 0. The predicted octanol–water partition coefficient (Wildman–Crippen LogP) is 15.0. The van der Waals surface area contributed by atoms with E-state index < -0.39 is 0 Å². The first-order valence-corrected chi connectivity index (χ1v) is 19.7. The van der Waals surface area contributed by atoms with Gasteiger partial charge in [0.2, 0.25) is 0 Å². The van der Waals surface area contributed by atoms with E-state index in [0.29, 0.717) is 0 Å². The van der Waals surface area contributed by atoms with E-state index in [-0.39, 0.29) is 0 Å². The molecule has 8 aromatic carbocycles. The van der Waals surface area contributed by atoms with Crippen molar-refractivity contribution in [1.29, 1.82) is 0 Å². The van der Waals surface area contributed by atoms with Gasteiger partial charge in [-0.15, -0.1) is 22.7 Å². The van der Waals surface area contributed by atoms with Gasteiger partial charge in [0.25, 0.3) is 0 Å². The number of thiazole rings is 1. The fraction of sp³-hybridized carbons (Fsp3) is 0. The molecule has 254 valence electrons. The van der Waals surface area contributed by atoms with E-state index in [2.05, 4.69) is 175 Å². The minimum atomic E-state index is 0.905. The minimum absolute atomic E-state index is 0.905. The van der Waals surface area contributed by atoms with Crippen molar-refractivity contribution >= 4 is 92.1 Å². The Morgan fingerprint density at radius 2 is 1.09 bits per heavy atom. The molecule has 0 saturated heterocycles. The topological polar surface area (TPSA) is 29.3 Å². The molecule has 0 amide bonds. The molecule has 3 heterocycles. The van der Waals surface area contributed by atoms with Crippen molar-refractivity contribution in [2.45, 2.75) is 0 Å². The number of hydrogen-bond donors (Lipinski definition) is 0. The van der Waals surface area contributed by atoms with Crippen LogP contribution in [0, 0.1) is 0 Å². The second-order valence-electron chi connectivity index (χ2n) is 13.5. The lowest BCUT2D eigenvalue weighted by molar-refractivity contribution is 0.670. The van der Waals surface area contributed by atoms with Crippen molar-refractivity contribution in [3.8, 4) is 32.8 Å². The highest BCUT2D eigenvalue weighted by molar-refractivity contribution is 7.26. The van der Waals surface area contributed by atoms with E-state index in [1.165, 1.54) is 36.0 Å². The molecule has 3 aromatic heterocycles. The third-order valence-electron chi connectivity index (χ3n) is 10.3. The maximum Gasteiger partial charge on any atom is 0.143 e. The van der Waals surface area contributed by atoms with Gasteiger partial charge in [-0.3, -0.25) is 0 Å². The number of nitrogens with zero attached hydrogens (tertiary/aromatic N) is 2. The maximum absolute atomic E-state index is 6.43. The monoisotopic (exact) mass is 726 g/mol. The molecule has 0 radical (unpaired) electrons. The van der Waals surface area contributed by atoms with Gasteiger partial charge in [0, 0.05) is 59.0 Å². The third-order valence-corrected chi connectivity index (χ3v) is 12.5. The number of thiophene rings is 1. The summed E-state index contributed by atoms with van der Waals surface area (Å²) in [5, 5.41) is 5.76. The second kappa shape index (κ2) is 12.6. The number of rotatable bonds is 6. The summed E-state index contributed by atoms with van der Waals surface area (Å²) in [5.41, 5.74) is 11.8. The Hall–Kier alpha value is -6.53. The number of para-hydroxylation sites is 3. The first kappa shape index (κ1) is 31.0. The molecular formula is C49H30N2OS2. The smallest absolute Gasteiger partial charge is 0.143 e. The summed E-state index contributed by atoms with van der Waals surface area (Å²) in [4.78, 5) is 7.65. The zero-order valence-electron chi connectivity index (χ0n) is 28.9. The molecule has 3 nitrogen and oxygen atoms in total. The van der Waals surface area contributed by atoms with Gasteiger partial charge in [-0.25, -0.2) is 4.98 Å². The minimum Gasteiger partial charge on any atom is -0.455 e. The van der Waals surface area contributed by atoms with Crippen molar-refractivity contribution in [2.75, 3.05) is 4.90 Å². The quantitative estimate of drug-likeness (QED) is 0.171. The van der Waals surface area contributed by atoms with Crippen LogP contribution in [0.5, 0.6) is 0 Å². The van der Waals surface area contributed by atoms with Gasteiger partial charge in [-0.2, -0.15) is 0 Å². The summed E-state index contributed by atoms with van der Waals surface area (Å²) in [7, 11) is 0. The first-order chi connectivity index (χ1) is 26.8. The summed E-state index contributed by atoms with van der Waals surface area (Å²) in [6.07, 6.45) is 0. The third kappa shape index (κ3) is 5.05. The van der Waals surface area contributed by atoms with Crippen LogP contribution in [-0.4, -0.2) is 4.98 Å². The fourth-order valence-corrected chi connectivity index (χ4v) is 9.88. The van der Waals surface area contributed by atoms with Crippen LogP contribution in [0.15, 0.2) is 186 Å². The van der Waals surface area contributed by atoms with Crippen molar-refractivity contribution in [1.82, 2.24) is 4.98 Å². The lowest BCUT2D eigenvalue weighted by Crippen LogP contribution is -2.11. The molecule has 5 heteroatoms. The normalized spacial score (nSPS) is 11.7. The van der Waals surface area contributed by atoms with E-state index in [1.54, 1.807) is 11.3 Å². The molecule has 0 fully saturated rings. The van der Waals surface area contributed by atoms with Crippen LogP contribution in [0.25, 0.3) is 85.2 Å². The fourth-order valence-electron chi connectivity index (χ4n) is 7.81. The number of fused-ring (bicyclic) bond motifs is 8. The van der Waals surface area contributed by atoms with E-state index in [4.69, 9.17) is 9.40 Å². The van der Waals surface area contributed by atoms with E-state index in [9.17, 15) is 0 Å². The van der Waals surface area contributed by atoms with E-state index in [1.807, 2.05) is 23.5 Å². The molecule has 54 heavy (non-hydrogen) atoms. The zero-order chi connectivity index (χ0) is 35.6. The van der Waals surface area contributed by atoms with Crippen LogP contribution < -0.4 is 4.90 Å². The van der Waals surface area contributed by atoms with Crippen LogP contribution in [0.4, 0.5) is 17.1 Å². The largest absolute Gasteiger partial charge is 0.455 e. The lowest BCUT2D eigenvalue weighted by Gasteiger charge is -2.28. The van der Waals surface area contributed by atoms with Crippen LogP contribution in [0.1, 0.15) is 0 Å². The molecule has 0 spiro atoms. The highest BCUT2D eigenvalue weighted by Gasteiger charge is 2.21. The molecule has 0 aliphatic carbocycles.